The van der Waals surface area contributed by atoms with Crippen molar-refractivity contribution >= 4 is 45.3 Å². The number of benzene rings is 2. The number of hydrogen-bond acceptors (Lipinski definition) is 12. The smallest absolute Gasteiger partial charge is 0.280 e. The summed E-state index contributed by atoms with van der Waals surface area (Å²) < 4.78 is 12.7. The fraction of sp³-hybridized carbons (Fsp3) is 0.373. The molecule has 20 heteroatoms. The molecule has 6 N–H and O–H groups in total. The van der Waals surface area contributed by atoms with Gasteiger partial charge in [-0.25, -0.2) is 0 Å². The number of ether oxygens (including phenoxy) is 1. The quantitative estimate of drug-likeness (QED) is 0.0712. The van der Waals surface area contributed by atoms with E-state index in [4.69, 9.17) is 9.72 Å². The predicted octanol–water partition coefficient (Wildman–Crippen LogP) is 4.94. The number of rotatable bonds is 17. The lowest BCUT2D eigenvalue weighted by atomic mass is 10.1. The van der Waals surface area contributed by atoms with E-state index in [2.05, 4.69) is 50.7 Å². The first-order chi connectivity index (χ1) is 33.9. The Hall–Kier alpha value is -7.52. The van der Waals surface area contributed by atoms with E-state index < -0.39 is 23.0 Å². The largest absolute Gasteiger partial charge is 0.389 e. The lowest BCUT2D eigenvalue weighted by Crippen LogP contribution is -2.32. The molecule has 1 saturated heterocycles. The van der Waals surface area contributed by atoms with Gasteiger partial charge in [-0.15, -0.1) is 0 Å². The highest BCUT2D eigenvalue weighted by Crippen LogP contribution is 2.24. The van der Waals surface area contributed by atoms with Gasteiger partial charge in [0.25, 0.3) is 11.8 Å². The van der Waals surface area contributed by atoms with Gasteiger partial charge >= 0.3 is 0 Å². The molecule has 370 valence electrons. The first-order valence-corrected chi connectivity index (χ1v) is 23.7. The molecule has 0 saturated carbocycles. The van der Waals surface area contributed by atoms with Gasteiger partial charge in [0.2, 0.25) is 11.2 Å². The molecule has 1 fully saturated rings. The molecule has 2 amide bonds. The molecule has 7 heterocycles. The number of imidazole rings is 2. The van der Waals surface area contributed by atoms with E-state index in [0.717, 1.165) is 66.0 Å². The monoisotopic (exact) mass is 963 g/mol. The van der Waals surface area contributed by atoms with Crippen molar-refractivity contribution in [2.45, 2.75) is 77.5 Å². The van der Waals surface area contributed by atoms with Crippen molar-refractivity contribution in [1.82, 2.24) is 53.5 Å². The van der Waals surface area contributed by atoms with Crippen molar-refractivity contribution < 1.29 is 24.5 Å². The van der Waals surface area contributed by atoms with Gasteiger partial charge in [-0.2, -0.15) is 20.2 Å². The number of H-pyrrole nitrogens is 2. The second-order valence-electron chi connectivity index (χ2n) is 19.7. The molecule has 0 unspecified atom stereocenters. The van der Waals surface area contributed by atoms with Crippen LogP contribution in [0.25, 0.3) is 44.6 Å². The fourth-order valence-corrected chi connectivity index (χ4v) is 8.58. The zero-order valence-corrected chi connectivity index (χ0v) is 41.1. The molecule has 0 aliphatic carbocycles. The number of anilines is 2. The first kappa shape index (κ1) is 48.5. The number of aromatic amines is 2. The summed E-state index contributed by atoms with van der Waals surface area (Å²) in [7, 11) is 5.85. The van der Waals surface area contributed by atoms with Gasteiger partial charge in [0.15, 0.2) is 0 Å². The normalized spacial score (nSPS) is 14.9. The SMILES string of the molecule is CN(C)CCNc1ccc2c(c1)[nH]/c(=N\C(=O)c1cc(Cn3cc(-c4cc(C(=O)/N=c5\[nH]c6cc(NC[C@@H]7CCCO7)ccc6n5CC(C)(C)O)ccn4)cn3)nc(-c3cnn(C)c3)c1)n2CC(C)(C)O. The van der Waals surface area contributed by atoms with Gasteiger partial charge in [0, 0.05) is 85.5 Å². The number of carbonyl (C=O) groups is 2. The first-order valence-electron chi connectivity index (χ1n) is 23.7. The maximum absolute atomic E-state index is 14.3. The van der Waals surface area contributed by atoms with Crippen LogP contribution in [-0.4, -0.2) is 133 Å². The Morgan fingerprint density at radius 1 is 0.803 bits per heavy atom. The molecule has 0 bridgehead atoms. The Bertz CT molecular complexity index is 3370. The highest BCUT2D eigenvalue weighted by atomic mass is 16.5. The molecule has 20 nitrogen and oxygen atoms in total. The number of fused-ring (bicyclic) bond motifs is 2. The average molecular weight is 964 g/mol. The Kier molecular flexibility index (Phi) is 13.7. The third kappa shape index (κ3) is 11.9. The van der Waals surface area contributed by atoms with E-state index >= 15 is 0 Å². The number of likely N-dealkylation sites (N-methyl/N-ethyl adjacent to an activating group) is 1. The van der Waals surface area contributed by atoms with E-state index in [1.54, 1.807) is 86.1 Å². The van der Waals surface area contributed by atoms with Crippen molar-refractivity contribution in [2.75, 3.05) is 51.0 Å². The summed E-state index contributed by atoms with van der Waals surface area (Å²) >= 11 is 0. The van der Waals surface area contributed by atoms with Crippen LogP contribution in [0.2, 0.25) is 0 Å². The summed E-state index contributed by atoms with van der Waals surface area (Å²) in [5.74, 6) is -1.01. The molecular formula is C51H61N15O5. The molecule has 1 aliphatic rings. The summed E-state index contributed by atoms with van der Waals surface area (Å²) in [5.41, 5.74) is 6.82. The van der Waals surface area contributed by atoms with Crippen LogP contribution < -0.4 is 21.9 Å². The summed E-state index contributed by atoms with van der Waals surface area (Å²) in [6.07, 6.45) is 10.8. The third-order valence-corrected chi connectivity index (χ3v) is 11.9. The number of nitrogens with one attached hydrogen (secondary N) is 4. The number of hydrogen-bond donors (Lipinski definition) is 6. The van der Waals surface area contributed by atoms with Crippen molar-refractivity contribution in [3.63, 3.8) is 0 Å². The molecule has 6 aromatic heterocycles. The van der Waals surface area contributed by atoms with Gasteiger partial charge in [-0.05, 0) is 115 Å². The summed E-state index contributed by atoms with van der Waals surface area (Å²) in [4.78, 5) is 55.5. The minimum absolute atomic E-state index is 0.172. The van der Waals surface area contributed by atoms with E-state index in [1.165, 1.54) is 0 Å². The maximum Gasteiger partial charge on any atom is 0.280 e. The number of nitrogens with zero attached hydrogens (tertiary/aromatic N) is 11. The topological polar surface area (TPSA) is 239 Å². The minimum atomic E-state index is -1.11. The van der Waals surface area contributed by atoms with Gasteiger partial charge in [-0.3, -0.25) is 28.9 Å². The standard InChI is InChI=1S/C51H61N15O5/c1-50(2,69)30-65-45-13-11-37(54-26-39-9-8-18-71-39)23-43(45)59-48(65)60-46(67)32-14-15-53-40(20-32)35-25-56-64(28-35)29-38-19-33(21-41(57-38)34-24-55-63(7)27-34)47(68)61-49-58-42-22-36(52-16-17-62(5)6)10-12-44(42)66(49)31-51(3,4)70/h10-15,19-25,27-28,39,52,54,69-70H,8-9,16-18,26,29-31H2,1-7H3,(H,58,61,68)(H,59,60,67)/t39-/m0/s1. The average Bonchev–Trinajstić information content (AvgIpc) is 4.18. The lowest BCUT2D eigenvalue weighted by Gasteiger charge is -2.18. The molecule has 1 aliphatic heterocycles. The van der Waals surface area contributed by atoms with Crippen LogP contribution in [0.5, 0.6) is 0 Å². The van der Waals surface area contributed by atoms with Crippen molar-refractivity contribution in [2.24, 2.45) is 17.0 Å². The summed E-state index contributed by atoms with van der Waals surface area (Å²) in [6.45, 7) is 10.5. The Morgan fingerprint density at radius 2 is 1.42 bits per heavy atom. The van der Waals surface area contributed by atoms with Crippen molar-refractivity contribution in [3.8, 4) is 22.5 Å². The molecule has 71 heavy (non-hydrogen) atoms. The Labute approximate surface area is 409 Å². The molecule has 0 spiro atoms. The van der Waals surface area contributed by atoms with Gasteiger partial charge in [0.05, 0.1) is 88.5 Å². The second kappa shape index (κ2) is 20.1. The van der Waals surface area contributed by atoms with E-state index in [1.807, 2.05) is 72.9 Å². The molecule has 2 aromatic carbocycles. The highest BCUT2D eigenvalue weighted by Gasteiger charge is 2.22. The zero-order valence-electron chi connectivity index (χ0n) is 41.1. The number of aromatic nitrogens is 10. The molecule has 1 atom stereocenters. The molecular weight excluding hydrogens is 903 g/mol. The van der Waals surface area contributed by atoms with Crippen LogP contribution in [-0.2, 0) is 31.4 Å². The number of aliphatic hydroxyl groups is 2. The van der Waals surface area contributed by atoms with Crippen molar-refractivity contribution in [3.05, 3.63) is 120 Å². The van der Waals surface area contributed by atoms with E-state index in [-0.39, 0.29) is 25.7 Å². The van der Waals surface area contributed by atoms with E-state index in [0.29, 0.717) is 57.1 Å². The summed E-state index contributed by atoms with van der Waals surface area (Å²) in [6, 6.07) is 18.4. The summed E-state index contributed by atoms with van der Waals surface area (Å²) in [5, 5.41) is 37.6. The van der Waals surface area contributed by atoms with Crippen LogP contribution in [0.4, 0.5) is 11.4 Å². The van der Waals surface area contributed by atoms with Crippen molar-refractivity contribution in [1.29, 1.82) is 0 Å². The number of pyridine rings is 2. The zero-order chi connectivity index (χ0) is 50.0. The molecule has 9 rings (SSSR count). The van der Waals surface area contributed by atoms with Crippen LogP contribution in [0, 0.1) is 0 Å². The van der Waals surface area contributed by atoms with Gasteiger partial charge in [-0.1, -0.05) is 0 Å². The van der Waals surface area contributed by atoms with Gasteiger partial charge in [0.1, 0.15) is 0 Å². The molecule has 0 radical (unpaired) electrons. The van der Waals surface area contributed by atoms with Gasteiger partial charge < -0.3 is 49.6 Å². The Morgan fingerprint density at radius 3 is 2.03 bits per heavy atom. The number of carbonyl (C=O) groups excluding carboxylic acids is 2. The lowest BCUT2D eigenvalue weighted by molar-refractivity contribution is 0.0608. The molecule has 8 aromatic rings. The van der Waals surface area contributed by atoms with Crippen LogP contribution in [0.3, 0.4) is 0 Å². The van der Waals surface area contributed by atoms with E-state index in [9.17, 15) is 19.8 Å². The third-order valence-electron chi connectivity index (χ3n) is 11.9. The fourth-order valence-electron chi connectivity index (χ4n) is 8.58. The maximum atomic E-state index is 14.3. The Balaban J connectivity index is 0.986. The van der Waals surface area contributed by atoms with Crippen LogP contribution in [0.15, 0.2) is 102 Å². The predicted molar refractivity (Wildman–Crippen MR) is 270 cm³/mol. The number of aryl methyl sites for hydroxylation is 1. The highest BCUT2D eigenvalue weighted by molar-refractivity contribution is 5.96. The second-order valence-corrected chi connectivity index (χ2v) is 19.7. The van der Waals surface area contributed by atoms with Crippen LogP contribution >= 0.6 is 0 Å². The number of amides is 2. The minimum Gasteiger partial charge on any atom is -0.389 e. The van der Waals surface area contributed by atoms with Crippen LogP contribution in [0.1, 0.15) is 66.9 Å².